The largest absolute Gasteiger partial charge is 0.469 e. The number of ether oxygens (including phenoxy) is 1. The maximum absolute atomic E-state index is 13.3. The van der Waals surface area contributed by atoms with Gasteiger partial charge in [-0.2, -0.15) is 4.31 Å². The Labute approximate surface area is 184 Å². The average Bonchev–Trinajstić information content (AvgIpc) is 2.76. The number of amidine groups is 1. The van der Waals surface area contributed by atoms with Gasteiger partial charge in [0.15, 0.2) is 0 Å². The number of carbonyl (C=O) groups excluding carboxylic acids is 2. The molecule has 0 saturated carbocycles. The number of amides is 1. The van der Waals surface area contributed by atoms with Gasteiger partial charge in [0.1, 0.15) is 5.84 Å². The fraction of sp³-hybridized carbons (Fsp3) is 0.591. The van der Waals surface area contributed by atoms with Crippen LogP contribution in [-0.4, -0.2) is 62.6 Å². The van der Waals surface area contributed by atoms with Gasteiger partial charge in [0, 0.05) is 39.4 Å². The maximum Gasteiger partial charge on any atom is 0.305 e. The summed E-state index contributed by atoms with van der Waals surface area (Å²) < 4.78 is 32.7. The van der Waals surface area contributed by atoms with Crippen LogP contribution in [0.1, 0.15) is 44.6 Å². The number of hydrogen-bond donors (Lipinski definition) is 1. The second-order valence-corrected chi connectivity index (χ2v) is 10.8. The van der Waals surface area contributed by atoms with E-state index in [1.54, 1.807) is 31.3 Å². The standard InChI is InChI=1S/C22H31N3O5S/c1-22(13-19(23)24(2)20(26)14-22)17-5-4-12-25(15-17)31(28,29)18-9-6-16(7-10-18)8-11-21(27)30-3/h6-7,9-10,17,23H,4-5,8,11-15H2,1-3H3/t17?,22-/m0/s1. The quantitative estimate of drug-likeness (QED) is 0.671. The van der Waals surface area contributed by atoms with Crippen LogP contribution in [-0.2, 0) is 30.8 Å². The van der Waals surface area contributed by atoms with Gasteiger partial charge in [-0.1, -0.05) is 19.1 Å². The zero-order chi connectivity index (χ0) is 22.8. The number of rotatable bonds is 6. The number of nitrogens with one attached hydrogen (secondary N) is 1. The highest BCUT2D eigenvalue weighted by atomic mass is 32.2. The first-order valence-electron chi connectivity index (χ1n) is 10.6. The molecule has 2 heterocycles. The summed E-state index contributed by atoms with van der Waals surface area (Å²) in [5.74, 6) is -0.0686. The minimum Gasteiger partial charge on any atom is -0.469 e. The van der Waals surface area contributed by atoms with Crippen LogP contribution >= 0.6 is 0 Å². The summed E-state index contributed by atoms with van der Waals surface area (Å²) in [5.41, 5.74) is 0.462. The van der Waals surface area contributed by atoms with Crippen LogP contribution in [0.4, 0.5) is 0 Å². The number of nitrogens with zero attached hydrogens (tertiary/aromatic N) is 2. The molecule has 0 bridgehead atoms. The molecule has 3 rings (SSSR count). The lowest BCUT2D eigenvalue weighted by Crippen LogP contribution is -2.51. The van der Waals surface area contributed by atoms with E-state index in [1.807, 2.05) is 6.92 Å². The van der Waals surface area contributed by atoms with Crippen molar-refractivity contribution < 1.29 is 22.7 Å². The van der Waals surface area contributed by atoms with E-state index in [-0.39, 0.29) is 29.1 Å². The molecule has 2 aliphatic heterocycles. The van der Waals surface area contributed by atoms with Gasteiger partial charge in [-0.15, -0.1) is 0 Å². The third kappa shape index (κ3) is 4.98. The number of sulfonamides is 1. The van der Waals surface area contributed by atoms with Crippen molar-refractivity contribution in [3.05, 3.63) is 29.8 Å². The van der Waals surface area contributed by atoms with Gasteiger partial charge < -0.3 is 9.64 Å². The Morgan fingerprint density at radius 1 is 1.26 bits per heavy atom. The van der Waals surface area contributed by atoms with Crippen LogP contribution in [0.25, 0.3) is 0 Å². The summed E-state index contributed by atoms with van der Waals surface area (Å²) in [5, 5.41) is 8.14. The maximum atomic E-state index is 13.3. The predicted octanol–water partition coefficient (Wildman–Crippen LogP) is 2.43. The Bertz CT molecular complexity index is 940. The van der Waals surface area contributed by atoms with Crippen molar-refractivity contribution in [2.75, 3.05) is 27.2 Å². The lowest BCUT2D eigenvalue weighted by Gasteiger charge is -2.46. The van der Waals surface area contributed by atoms with Crippen LogP contribution in [0, 0.1) is 16.7 Å². The van der Waals surface area contributed by atoms with Crippen LogP contribution in [0.15, 0.2) is 29.2 Å². The Morgan fingerprint density at radius 2 is 1.94 bits per heavy atom. The number of likely N-dealkylation sites (tertiary alicyclic amines) is 1. The third-order valence-electron chi connectivity index (χ3n) is 6.68. The highest BCUT2D eigenvalue weighted by molar-refractivity contribution is 7.89. The zero-order valence-electron chi connectivity index (χ0n) is 18.4. The van der Waals surface area contributed by atoms with Gasteiger partial charge in [-0.3, -0.25) is 15.0 Å². The number of piperidine rings is 2. The number of hydrogen-bond acceptors (Lipinski definition) is 6. The van der Waals surface area contributed by atoms with Gasteiger partial charge in [0.05, 0.1) is 12.0 Å². The van der Waals surface area contributed by atoms with Crippen molar-refractivity contribution in [1.29, 1.82) is 5.41 Å². The summed E-state index contributed by atoms with van der Waals surface area (Å²) in [7, 11) is -0.695. The molecule has 170 valence electrons. The molecule has 0 aromatic heterocycles. The Kier molecular flexibility index (Phi) is 6.85. The van der Waals surface area contributed by atoms with Crippen LogP contribution in [0.5, 0.6) is 0 Å². The second kappa shape index (κ2) is 9.08. The SMILES string of the molecule is COC(=O)CCc1ccc(S(=O)(=O)N2CCCC([C@@]3(C)CC(=N)N(C)C(=O)C3)C2)cc1. The average molecular weight is 450 g/mol. The zero-order valence-corrected chi connectivity index (χ0v) is 19.2. The number of esters is 1. The Hall–Kier alpha value is -2.26. The molecule has 9 heteroatoms. The van der Waals surface area contributed by atoms with Crippen molar-refractivity contribution >= 4 is 27.7 Å². The molecule has 8 nitrogen and oxygen atoms in total. The van der Waals surface area contributed by atoms with E-state index in [0.29, 0.717) is 38.2 Å². The van der Waals surface area contributed by atoms with Gasteiger partial charge in [-0.05, 0) is 48.3 Å². The highest BCUT2D eigenvalue weighted by Gasteiger charge is 2.45. The topological polar surface area (TPSA) is 108 Å². The van der Waals surface area contributed by atoms with Gasteiger partial charge in [0.25, 0.3) is 0 Å². The van der Waals surface area contributed by atoms with E-state index in [2.05, 4.69) is 4.74 Å². The van der Waals surface area contributed by atoms with E-state index < -0.39 is 15.4 Å². The van der Waals surface area contributed by atoms with Gasteiger partial charge >= 0.3 is 5.97 Å². The summed E-state index contributed by atoms with van der Waals surface area (Å²) in [6, 6.07) is 6.63. The third-order valence-corrected chi connectivity index (χ3v) is 8.56. The minimum absolute atomic E-state index is 0.0216. The lowest BCUT2D eigenvalue weighted by molar-refractivity contribution is -0.140. The molecule has 2 aliphatic rings. The molecular formula is C22H31N3O5S. The first-order valence-corrected chi connectivity index (χ1v) is 12.0. The first kappa shape index (κ1) is 23.4. The van der Waals surface area contributed by atoms with Crippen LogP contribution in [0.2, 0.25) is 0 Å². The van der Waals surface area contributed by atoms with Crippen molar-refractivity contribution in [1.82, 2.24) is 9.21 Å². The molecule has 2 fully saturated rings. The first-order chi connectivity index (χ1) is 14.6. The molecule has 1 aromatic rings. The van der Waals surface area contributed by atoms with E-state index in [4.69, 9.17) is 5.41 Å². The second-order valence-electron chi connectivity index (χ2n) is 8.83. The summed E-state index contributed by atoms with van der Waals surface area (Å²) in [6.07, 6.45) is 3.12. The number of carbonyl (C=O) groups is 2. The molecule has 1 unspecified atom stereocenters. The van der Waals surface area contributed by atoms with Crippen LogP contribution in [0.3, 0.4) is 0 Å². The number of aryl methyl sites for hydroxylation is 1. The molecule has 2 saturated heterocycles. The minimum atomic E-state index is -3.66. The van der Waals surface area contributed by atoms with Crippen molar-refractivity contribution in [3.63, 3.8) is 0 Å². The fourth-order valence-electron chi connectivity index (χ4n) is 4.52. The summed E-state index contributed by atoms with van der Waals surface area (Å²) in [6.45, 7) is 2.81. The highest BCUT2D eigenvalue weighted by Crippen LogP contribution is 2.44. The van der Waals surface area contributed by atoms with Crippen LogP contribution < -0.4 is 0 Å². The molecule has 1 aromatic carbocycles. The smallest absolute Gasteiger partial charge is 0.305 e. The monoisotopic (exact) mass is 449 g/mol. The fourth-order valence-corrected chi connectivity index (χ4v) is 6.05. The van der Waals surface area contributed by atoms with E-state index >= 15 is 0 Å². The predicted molar refractivity (Wildman–Crippen MR) is 116 cm³/mol. The van der Waals surface area contributed by atoms with Gasteiger partial charge in [0.2, 0.25) is 15.9 Å². The Morgan fingerprint density at radius 3 is 2.55 bits per heavy atom. The van der Waals surface area contributed by atoms with Crippen molar-refractivity contribution in [3.8, 4) is 0 Å². The normalized spacial score (nSPS) is 25.5. The molecule has 1 N–H and O–H groups in total. The molecule has 0 radical (unpaired) electrons. The Balaban J connectivity index is 1.72. The van der Waals surface area contributed by atoms with E-state index in [1.165, 1.54) is 16.3 Å². The summed E-state index contributed by atoms with van der Waals surface area (Å²) >= 11 is 0. The summed E-state index contributed by atoms with van der Waals surface area (Å²) in [4.78, 5) is 25.3. The van der Waals surface area contributed by atoms with Gasteiger partial charge in [-0.25, -0.2) is 8.42 Å². The molecular weight excluding hydrogens is 418 g/mol. The molecule has 2 atom stereocenters. The number of methoxy groups -OCH3 is 1. The molecule has 1 amide bonds. The van der Waals surface area contributed by atoms with Crippen molar-refractivity contribution in [2.24, 2.45) is 11.3 Å². The van der Waals surface area contributed by atoms with E-state index in [9.17, 15) is 18.0 Å². The molecule has 0 spiro atoms. The van der Waals surface area contributed by atoms with E-state index in [0.717, 1.165) is 18.4 Å². The lowest BCUT2D eigenvalue weighted by atomic mass is 9.67. The molecule has 31 heavy (non-hydrogen) atoms. The molecule has 0 aliphatic carbocycles. The van der Waals surface area contributed by atoms with Crippen molar-refractivity contribution in [2.45, 2.75) is 50.3 Å². The number of benzene rings is 1.